The van der Waals surface area contributed by atoms with Crippen molar-refractivity contribution < 1.29 is 44.1 Å². The summed E-state index contributed by atoms with van der Waals surface area (Å²) in [6, 6.07) is 2.32. The lowest BCUT2D eigenvalue weighted by atomic mass is 10.1. The molecule has 0 N–H and O–H groups in total. The van der Waals surface area contributed by atoms with Crippen LogP contribution in [0.15, 0.2) is 18.2 Å². The van der Waals surface area contributed by atoms with Crippen LogP contribution in [-0.4, -0.2) is 34.5 Å². The zero-order chi connectivity index (χ0) is 17.1. The van der Waals surface area contributed by atoms with Crippen LogP contribution in [0.5, 0.6) is 5.75 Å². The third-order valence-electron chi connectivity index (χ3n) is 2.68. The molecular weight excluding hydrogens is 347 g/mol. The Balaban J connectivity index is 2.14. The molecule has 1 aliphatic heterocycles. The number of alkyl halides is 3. The van der Waals surface area contributed by atoms with Crippen molar-refractivity contribution >= 4 is 17.4 Å². The van der Waals surface area contributed by atoms with Gasteiger partial charge in [0.2, 0.25) is 0 Å². The summed E-state index contributed by atoms with van der Waals surface area (Å²) in [6.07, 6.45) is 0.651. The minimum absolute atomic E-state index is 0.240. The molecule has 128 valence electrons. The first-order valence-corrected chi connectivity index (χ1v) is 7.74. The second kappa shape index (κ2) is 7.03. The first-order chi connectivity index (χ1) is 10.7. The normalized spacial score (nSPS) is 16.4. The maximum atomic E-state index is 13.2. The molecule has 1 aromatic carbocycles. The summed E-state index contributed by atoms with van der Waals surface area (Å²) in [4.78, 5) is 0. The van der Waals surface area contributed by atoms with Crippen LogP contribution >= 0.6 is 0 Å². The molecule has 0 radical (unpaired) electrons. The van der Waals surface area contributed by atoms with Crippen LogP contribution in [-0.2, 0) is 30.7 Å². The fourth-order valence-corrected chi connectivity index (χ4v) is 2.12. The van der Waals surface area contributed by atoms with E-state index >= 15 is 0 Å². The van der Waals surface area contributed by atoms with Crippen LogP contribution in [0.25, 0.3) is 0 Å². The van der Waals surface area contributed by atoms with Crippen LogP contribution in [0.4, 0.5) is 17.6 Å². The van der Waals surface area contributed by atoms with Gasteiger partial charge in [0.05, 0.1) is 6.61 Å². The molecule has 1 saturated heterocycles. The summed E-state index contributed by atoms with van der Waals surface area (Å²) in [5.41, 5.74) is -5.84. The average molecular weight is 358 g/mol. The van der Waals surface area contributed by atoms with Gasteiger partial charge in [0, 0.05) is 18.8 Å². The zero-order valence-corrected chi connectivity index (χ0v) is 12.3. The van der Waals surface area contributed by atoms with E-state index in [0.717, 1.165) is 18.2 Å². The zero-order valence-electron chi connectivity index (χ0n) is 11.5. The van der Waals surface area contributed by atoms with Gasteiger partial charge in [-0.3, -0.25) is 0 Å². The molecule has 0 aromatic heterocycles. The molecule has 6 nitrogen and oxygen atoms in total. The molecule has 0 atom stereocenters. The Morgan fingerprint density at radius 1 is 1.22 bits per heavy atom. The van der Waals surface area contributed by atoms with Crippen LogP contribution in [0.1, 0.15) is 12.0 Å². The van der Waals surface area contributed by atoms with Crippen LogP contribution in [0.2, 0.25) is 0 Å². The molecule has 1 aliphatic rings. The lowest BCUT2D eigenvalue weighted by Gasteiger charge is -2.19. The van der Waals surface area contributed by atoms with Gasteiger partial charge in [0.25, 0.3) is 0 Å². The second-order valence-electron chi connectivity index (χ2n) is 4.43. The molecule has 1 aromatic rings. The lowest BCUT2D eigenvalue weighted by Crippen LogP contribution is -2.32. The SMILES string of the molecule is O=S(=O)(Oc1ccc(F)cc1COB1OCCCO1)C(F)(F)F. The summed E-state index contributed by atoms with van der Waals surface area (Å²) in [5.74, 6) is -1.50. The molecule has 12 heteroatoms. The Morgan fingerprint density at radius 3 is 2.48 bits per heavy atom. The van der Waals surface area contributed by atoms with E-state index < -0.39 is 41.1 Å². The first-order valence-electron chi connectivity index (χ1n) is 6.33. The van der Waals surface area contributed by atoms with Crippen molar-refractivity contribution in [2.45, 2.75) is 18.5 Å². The van der Waals surface area contributed by atoms with E-state index in [1.54, 1.807) is 0 Å². The van der Waals surface area contributed by atoms with Crippen LogP contribution in [0.3, 0.4) is 0 Å². The quantitative estimate of drug-likeness (QED) is 0.347. The lowest BCUT2D eigenvalue weighted by molar-refractivity contribution is -0.0500. The maximum Gasteiger partial charge on any atom is 0.639 e. The molecule has 0 bridgehead atoms. The van der Waals surface area contributed by atoms with E-state index in [9.17, 15) is 26.0 Å². The van der Waals surface area contributed by atoms with Crippen molar-refractivity contribution in [3.63, 3.8) is 0 Å². The Kier molecular flexibility index (Phi) is 5.50. The fraction of sp³-hybridized carbons (Fsp3) is 0.455. The Labute approximate surface area is 129 Å². The number of benzene rings is 1. The Bertz CT molecular complexity index is 644. The molecule has 0 aliphatic carbocycles. The van der Waals surface area contributed by atoms with E-state index in [1.807, 2.05) is 0 Å². The molecular formula is C11H11BF4O6S. The van der Waals surface area contributed by atoms with Crippen molar-refractivity contribution in [3.8, 4) is 5.75 Å². The van der Waals surface area contributed by atoms with Gasteiger partial charge >= 0.3 is 22.9 Å². The number of halogens is 4. The van der Waals surface area contributed by atoms with E-state index in [1.165, 1.54) is 0 Å². The van der Waals surface area contributed by atoms with Gasteiger partial charge in [-0.25, -0.2) is 4.39 Å². The molecule has 0 unspecified atom stereocenters. The molecule has 2 rings (SSSR count). The summed E-state index contributed by atoms with van der Waals surface area (Å²) >= 11 is 0. The minimum atomic E-state index is -5.87. The van der Waals surface area contributed by atoms with Gasteiger partial charge in [-0.1, -0.05) is 0 Å². The van der Waals surface area contributed by atoms with Crippen LogP contribution < -0.4 is 4.18 Å². The van der Waals surface area contributed by atoms with E-state index in [4.69, 9.17) is 14.0 Å². The molecule has 0 spiro atoms. The number of hydrogen-bond acceptors (Lipinski definition) is 6. The Morgan fingerprint density at radius 2 is 1.87 bits per heavy atom. The molecule has 0 saturated carbocycles. The molecule has 23 heavy (non-hydrogen) atoms. The fourth-order valence-electron chi connectivity index (χ4n) is 1.63. The van der Waals surface area contributed by atoms with E-state index in [0.29, 0.717) is 19.6 Å². The summed E-state index contributed by atoms with van der Waals surface area (Å²) < 4.78 is 91.6. The van der Waals surface area contributed by atoms with Gasteiger partial charge < -0.3 is 18.1 Å². The standard InChI is InChI=1S/C11H11BF4O6S/c13-9-2-3-10(22-23(17,18)11(14,15)16)8(6-9)7-21-12-19-4-1-5-20-12/h2-3,6H,1,4-5,7H2. The van der Waals surface area contributed by atoms with Crippen molar-refractivity contribution in [2.24, 2.45) is 0 Å². The van der Waals surface area contributed by atoms with Crippen molar-refractivity contribution in [1.82, 2.24) is 0 Å². The van der Waals surface area contributed by atoms with Crippen LogP contribution in [0, 0.1) is 5.82 Å². The maximum absolute atomic E-state index is 13.2. The monoisotopic (exact) mass is 358 g/mol. The highest BCUT2D eigenvalue weighted by Crippen LogP contribution is 2.29. The predicted molar refractivity (Wildman–Crippen MR) is 69.1 cm³/mol. The van der Waals surface area contributed by atoms with Gasteiger partial charge in [-0.2, -0.15) is 21.6 Å². The van der Waals surface area contributed by atoms with Gasteiger partial charge in [-0.05, 0) is 24.6 Å². The van der Waals surface area contributed by atoms with Crippen molar-refractivity contribution in [1.29, 1.82) is 0 Å². The minimum Gasteiger partial charge on any atom is -0.386 e. The smallest absolute Gasteiger partial charge is 0.386 e. The van der Waals surface area contributed by atoms with Crippen molar-refractivity contribution in [3.05, 3.63) is 29.6 Å². The molecule has 1 heterocycles. The highest BCUT2D eigenvalue weighted by Gasteiger charge is 2.48. The average Bonchev–Trinajstić information content (AvgIpc) is 2.47. The van der Waals surface area contributed by atoms with Gasteiger partial charge in [0.15, 0.2) is 0 Å². The Hall–Kier alpha value is -1.37. The second-order valence-corrected chi connectivity index (χ2v) is 5.97. The largest absolute Gasteiger partial charge is 0.639 e. The highest BCUT2D eigenvalue weighted by molar-refractivity contribution is 7.88. The van der Waals surface area contributed by atoms with Gasteiger partial charge in [0.1, 0.15) is 11.6 Å². The van der Waals surface area contributed by atoms with Gasteiger partial charge in [-0.15, -0.1) is 0 Å². The molecule has 0 amide bonds. The van der Waals surface area contributed by atoms with E-state index in [2.05, 4.69) is 4.18 Å². The third-order valence-corrected chi connectivity index (χ3v) is 3.64. The first kappa shape index (κ1) is 18.0. The summed E-state index contributed by atoms with van der Waals surface area (Å²) in [6.45, 7) is 0.254. The topological polar surface area (TPSA) is 71.1 Å². The van der Waals surface area contributed by atoms with Crippen molar-refractivity contribution in [2.75, 3.05) is 13.2 Å². The summed E-state index contributed by atoms with van der Waals surface area (Å²) in [7, 11) is -6.94. The third kappa shape index (κ3) is 4.80. The van der Waals surface area contributed by atoms with E-state index in [-0.39, 0.29) is 5.56 Å². The summed E-state index contributed by atoms with van der Waals surface area (Å²) in [5, 5.41) is 0. The highest BCUT2D eigenvalue weighted by atomic mass is 32.2. The number of hydrogen-bond donors (Lipinski definition) is 0. The molecule has 1 fully saturated rings. The number of rotatable bonds is 5. The predicted octanol–water partition coefficient (Wildman–Crippen LogP) is 1.99.